The first-order valence-electron chi connectivity index (χ1n) is 7.06. The Labute approximate surface area is 139 Å². The van der Waals surface area contributed by atoms with Gasteiger partial charge in [0, 0.05) is 23.5 Å². The van der Waals surface area contributed by atoms with Gasteiger partial charge in [-0.25, -0.2) is 0 Å². The highest BCUT2D eigenvalue weighted by Gasteiger charge is 2.18. The van der Waals surface area contributed by atoms with Gasteiger partial charge in [0.05, 0.1) is 21.3 Å². The Kier molecular flexibility index (Phi) is 5.62. The number of amides is 2. The van der Waals surface area contributed by atoms with E-state index in [0.29, 0.717) is 28.6 Å². The van der Waals surface area contributed by atoms with E-state index in [1.165, 1.54) is 33.5 Å². The summed E-state index contributed by atoms with van der Waals surface area (Å²) in [5, 5.41) is 5.00. The Bertz CT molecular complexity index is 706. The minimum atomic E-state index is -0.812. The summed E-state index contributed by atoms with van der Waals surface area (Å²) in [6.07, 6.45) is 0. The zero-order chi connectivity index (χ0) is 17.5. The molecule has 0 saturated carbocycles. The van der Waals surface area contributed by atoms with E-state index in [-0.39, 0.29) is 0 Å². The van der Waals surface area contributed by atoms with Crippen LogP contribution in [0.2, 0.25) is 0 Å². The van der Waals surface area contributed by atoms with Crippen molar-refractivity contribution in [2.24, 2.45) is 0 Å². The normalized spacial score (nSPS) is 9.79. The van der Waals surface area contributed by atoms with Crippen molar-refractivity contribution in [2.75, 3.05) is 32.0 Å². The second-order valence-corrected chi connectivity index (χ2v) is 4.69. The number of hydrogen-bond acceptors (Lipinski definition) is 5. The number of carbonyl (C=O) groups excluding carboxylic acids is 2. The van der Waals surface area contributed by atoms with Crippen LogP contribution in [0.3, 0.4) is 0 Å². The molecule has 0 bridgehead atoms. The Morgan fingerprint density at radius 2 is 1.25 bits per heavy atom. The molecule has 0 spiro atoms. The van der Waals surface area contributed by atoms with Crippen LogP contribution in [0.5, 0.6) is 17.2 Å². The summed E-state index contributed by atoms with van der Waals surface area (Å²) in [4.78, 5) is 24.0. The van der Waals surface area contributed by atoms with E-state index in [9.17, 15) is 9.59 Å². The largest absolute Gasteiger partial charge is 0.493 e. The fraction of sp³-hybridized carbons (Fsp3) is 0.176. The fourth-order valence-electron chi connectivity index (χ4n) is 2.05. The summed E-state index contributed by atoms with van der Waals surface area (Å²) in [6.45, 7) is 0. The first-order chi connectivity index (χ1) is 11.6. The first kappa shape index (κ1) is 17.1. The Morgan fingerprint density at radius 3 is 1.71 bits per heavy atom. The van der Waals surface area contributed by atoms with Crippen LogP contribution in [0.25, 0.3) is 0 Å². The molecule has 7 heteroatoms. The Morgan fingerprint density at radius 1 is 0.750 bits per heavy atom. The number of anilines is 2. The highest BCUT2D eigenvalue weighted by Crippen LogP contribution is 2.39. The van der Waals surface area contributed by atoms with Gasteiger partial charge < -0.3 is 24.8 Å². The number of ether oxygens (including phenoxy) is 3. The van der Waals surface area contributed by atoms with Crippen molar-refractivity contribution in [2.45, 2.75) is 0 Å². The second kappa shape index (κ2) is 7.87. The molecule has 2 N–H and O–H groups in total. The molecule has 0 saturated heterocycles. The number of hydrogen-bond donors (Lipinski definition) is 2. The summed E-state index contributed by atoms with van der Waals surface area (Å²) in [5.74, 6) is -0.457. The van der Waals surface area contributed by atoms with E-state index >= 15 is 0 Å². The molecule has 24 heavy (non-hydrogen) atoms. The van der Waals surface area contributed by atoms with Crippen LogP contribution in [-0.2, 0) is 9.59 Å². The third-order valence-corrected chi connectivity index (χ3v) is 3.16. The molecule has 0 atom stereocenters. The van der Waals surface area contributed by atoms with Crippen LogP contribution in [0.4, 0.5) is 11.4 Å². The van der Waals surface area contributed by atoms with Crippen molar-refractivity contribution in [3.05, 3.63) is 42.5 Å². The summed E-state index contributed by atoms with van der Waals surface area (Å²) >= 11 is 0. The topological polar surface area (TPSA) is 85.9 Å². The molecule has 0 radical (unpaired) electrons. The lowest BCUT2D eigenvalue weighted by Crippen LogP contribution is -2.29. The lowest BCUT2D eigenvalue weighted by Gasteiger charge is -2.14. The van der Waals surface area contributed by atoms with Crippen molar-refractivity contribution < 1.29 is 23.8 Å². The van der Waals surface area contributed by atoms with Gasteiger partial charge in [-0.15, -0.1) is 0 Å². The monoisotopic (exact) mass is 330 g/mol. The smallest absolute Gasteiger partial charge is 0.314 e. The minimum Gasteiger partial charge on any atom is -0.493 e. The van der Waals surface area contributed by atoms with Crippen LogP contribution in [-0.4, -0.2) is 33.1 Å². The highest BCUT2D eigenvalue weighted by molar-refractivity contribution is 6.43. The molecule has 2 aromatic carbocycles. The molecule has 2 rings (SSSR count). The van der Waals surface area contributed by atoms with E-state index in [1.807, 2.05) is 6.07 Å². The number of carbonyl (C=O) groups is 2. The van der Waals surface area contributed by atoms with Crippen LogP contribution in [0.1, 0.15) is 0 Å². The fourth-order valence-corrected chi connectivity index (χ4v) is 2.05. The molecular formula is C17H18N2O5. The van der Waals surface area contributed by atoms with E-state index < -0.39 is 11.8 Å². The molecule has 2 amide bonds. The molecule has 0 unspecified atom stereocenters. The van der Waals surface area contributed by atoms with E-state index in [1.54, 1.807) is 24.3 Å². The average Bonchev–Trinajstić information content (AvgIpc) is 2.61. The van der Waals surface area contributed by atoms with Crippen molar-refractivity contribution in [1.82, 2.24) is 0 Å². The SMILES string of the molecule is COc1cc(NC(=O)C(=O)Nc2ccccc2)cc(OC)c1OC. The average molecular weight is 330 g/mol. The number of para-hydroxylation sites is 1. The zero-order valence-corrected chi connectivity index (χ0v) is 13.6. The molecule has 0 aliphatic carbocycles. The summed E-state index contributed by atoms with van der Waals surface area (Å²) in [6, 6.07) is 11.8. The van der Waals surface area contributed by atoms with Gasteiger partial charge in [0.25, 0.3) is 0 Å². The van der Waals surface area contributed by atoms with E-state index in [4.69, 9.17) is 14.2 Å². The van der Waals surface area contributed by atoms with E-state index in [2.05, 4.69) is 10.6 Å². The van der Waals surface area contributed by atoms with Gasteiger partial charge >= 0.3 is 11.8 Å². The van der Waals surface area contributed by atoms with Crippen LogP contribution in [0, 0.1) is 0 Å². The lowest BCUT2D eigenvalue weighted by molar-refractivity contribution is -0.133. The van der Waals surface area contributed by atoms with Crippen LogP contribution < -0.4 is 24.8 Å². The number of nitrogens with one attached hydrogen (secondary N) is 2. The van der Waals surface area contributed by atoms with E-state index in [0.717, 1.165) is 0 Å². The van der Waals surface area contributed by atoms with Crippen LogP contribution >= 0.6 is 0 Å². The third kappa shape index (κ3) is 3.95. The molecule has 7 nitrogen and oxygen atoms in total. The van der Waals surface area contributed by atoms with Gasteiger partial charge in [0.15, 0.2) is 11.5 Å². The van der Waals surface area contributed by atoms with Gasteiger partial charge in [-0.1, -0.05) is 18.2 Å². The molecule has 0 fully saturated rings. The molecule has 126 valence electrons. The van der Waals surface area contributed by atoms with Crippen molar-refractivity contribution in [3.8, 4) is 17.2 Å². The van der Waals surface area contributed by atoms with Gasteiger partial charge in [-0.2, -0.15) is 0 Å². The Balaban J connectivity index is 2.15. The maximum absolute atomic E-state index is 12.0. The van der Waals surface area contributed by atoms with Gasteiger partial charge in [0.2, 0.25) is 5.75 Å². The minimum absolute atomic E-state index is 0.345. The molecule has 0 heterocycles. The molecule has 0 aliphatic rings. The van der Waals surface area contributed by atoms with Gasteiger partial charge in [0.1, 0.15) is 0 Å². The molecule has 0 aliphatic heterocycles. The predicted octanol–water partition coefficient (Wildman–Crippen LogP) is 2.29. The summed E-state index contributed by atoms with van der Waals surface area (Å²) in [5.41, 5.74) is 0.875. The summed E-state index contributed by atoms with van der Waals surface area (Å²) < 4.78 is 15.6. The standard InChI is InChI=1S/C17H18N2O5/c1-22-13-9-12(10-14(23-2)15(13)24-3)19-17(21)16(20)18-11-7-5-4-6-8-11/h4-10H,1-3H3,(H,18,20)(H,19,21). The first-order valence-corrected chi connectivity index (χ1v) is 7.06. The summed E-state index contributed by atoms with van der Waals surface area (Å²) in [7, 11) is 4.40. The third-order valence-electron chi connectivity index (χ3n) is 3.16. The van der Waals surface area contributed by atoms with Crippen molar-refractivity contribution in [3.63, 3.8) is 0 Å². The molecular weight excluding hydrogens is 312 g/mol. The maximum atomic E-state index is 12.0. The lowest BCUT2D eigenvalue weighted by atomic mass is 10.2. The number of methoxy groups -OCH3 is 3. The number of benzene rings is 2. The maximum Gasteiger partial charge on any atom is 0.314 e. The van der Waals surface area contributed by atoms with Crippen LogP contribution in [0.15, 0.2) is 42.5 Å². The number of rotatable bonds is 5. The Hall–Kier alpha value is -3.22. The molecule has 0 aromatic heterocycles. The predicted molar refractivity (Wildman–Crippen MR) is 89.8 cm³/mol. The quantitative estimate of drug-likeness (QED) is 0.822. The zero-order valence-electron chi connectivity index (χ0n) is 13.6. The van der Waals surface area contributed by atoms with Crippen molar-refractivity contribution >= 4 is 23.2 Å². The highest BCUT2D eigenvalue weighted by atomic mass is 16.5. The van der Waals surface area contributed by atoms with Gasteiger partial charge in [-0.3, -0.25) is 9.59 Å². The van der Waals surface area contributed by atoms with Gasteiger partial charge in [-0.05, 0) is 12.1 Å². The van der Waals surface area contributed by atoms with Crippen molar-refractivity contribution in [1.29, 1.82) is 0 Å². The second-order valence-electron chi connectivity index (χ2n) is 4.69. The molecule has 2 aromatic rings.